The molecule has 4 aromatic rings. The first kappa shape index (κ1) is 31.3. The zero-order valence-electron chi connectivity index (χ0n) is 26.5. The van der Waals surface area contributed by atoms with Gasteiger partial charge in [-0.15, -0.1) is 11.3 Å². The minimum atomic E-state index is -0.772. The molecule has 7 rings (SSSR count). The van der Waals surface area contributed by atoms with Crippen LogP contribution >= 0.6 is 11.3 Å². The predicted molar refractivity (Wildman–Crippen MR) is 175 cm³/mol. The van der Waals surface area contributed by atoms with Crippen molar-refractivity contribution in [3.05, 3.63) is 59.6 Å². The van der Waals surface area contributed by atoms with Gasteiger partial charge in [0.05, 0.1) is 30.5 Å². The number of nitrogens with zero attached hydrogens (tertiary/aromatic N) is 5. The number of aromatic nitrogens is 3. The number of thiophene rings is 1. The number of hydrogen-bond donors (Lipinski definition) is 1. The Labute approximate surface area is 275 Å². The molecule has 3 aromatic heterocycles. The lowest BCUT2D eigenvalue weighted by molar-refractivity contribution is -0.129. The summed E-state index contributed by atoms with van der Waals surface area (Å²) < 4.78 is 44.4. The van der Waals surface area contributed by atoms with Crippen molar-refractivity contribution < 1.29 is 27.8 Å². The second-order valence-corrected chi connectivity index (χ2v) is 13.3. The van der Waals surface area contributed by atoms with Gasteiger partial charge in [-0.2, -0.15) is 5.10 Å². The number of methoxy groups -OCH3 is 1. The highest BCUT2D eigenvalue weighted by Gasteiger charge is 2.55. The molecular weight excluding hydrogens is 626 g/mol. The zero-order chi connectivity index (χ0) is 33.0. The zero-order valence-corrected chi connectivity index (χ0v) is 27.3. The van der Waals surface area contributed by atoms with Crippen LogP contribution < -0.4 is 15.0 Å². The largest absolute Gasteiger partial charge is 0.490 e. The summed E-state index contributed by atoms with van der Waals surface area (Å²) in [6.45, 7) is 10.7. The van der Waals surface area contributed by atoms with Gasteiger partial charge in [0, 0.05) is 68.0 Å². The quantitative estimate of drug-likeness (QED) is 0.188. The number of hydrogen-bond acceptors (Lipinski definition) is 8. The van der Waals surface area contributed by atoms with E-state index in [1.807, 2.05) is 29.1 Å². The molecule has 47 heavy (non-hydrogen) atoms. The smallest absolute Gasteiger partial charge is 0.246 e. The van der Waals surface area contributed by atoms with Gasteiger partial charge in [0.15, 0.2) is 0 Å². The average molecular weight is 663 g/mol. The number of pyridine rings is 1. The number of amides is 2. The van der Waals surface area contributed by atoms with E-state index in [0.29, 0.717) is 54.3 Å². The number of piperidine rings is 1. The summed E-state index contributed by atoms with van der Waals surface area (Å²) in [5, 5.41) is 10.7. The first-order valence-electron chi connectivity index (χ1n) is 15.7. The molecule has 0 bridgehead atoms. The maximum atomic E-state index is 16.0. The lowest BCUT2D eigenvalue weighted by Crippen LogP contribution is -2.40. The number of carbonyl (C=O) groups excluding carboxylic acids is 2. The van der Waals surface area contributed by atoms with Crippen LogP contribution in [0.3, 0.4) is 0 Å². The van der Waals surface area contributed by atoms with Crippen LogP contribution in [0, 0.1) is 29.4 Å². The van der Waals surface area contributed by atoms with Gasteiger partial charge < -0.3 is 24.6 Å². The molecule has 246 valence electrons. The van der Waals surface area contributed by atoms with Crippen molar-refractivity contribution in [2.24, 2.45) is 17.8 Å². The van der Waals surface area contributed by atoms with Crippen molar-refractivity contribution in [1.82, 2.24) is 25.0 Å². The number of nitrogens with one attached hydrogen (secondary N) is 1. The maximum absolute atomic E-state index is 16.0. The summed E-state index contributed by atoms with van der Waals surface area (Å²) >= 11 is 1.45. The van der Waals surface area contributed by atoms with Crippen LogP contribution in [0.15, 0.2) is 42.3 Å². The van der Waals surface area contributed by atoms with Crippen molar-refractivity contribution in [1.29, 1.82) is 0 Å². The number of carbonyl (C=O) groups is 2. The second kappa shape index (κ2) is 12.3. The molecule has 10 nitrogen and oxygen atoms in total. The van der Waals surface area contributed by atoms with Crippen molar-refractivity contribution in [3.8, 4) is 28.3 Å². The van der Waals surface area contributed by atoms with Gasteiger partial charge in [0.25, 0.3) is 0 Å². The van der Waals surface area contributed by atoms with E-state index in [1.165, 1.54) is 37.5 Å². The van der Waals surface area contributed by atoms with E-state index in [2.05, 4.69) is 16.8 Å². The molecule has 1 aromatic carbocycles. The van der Waals surface area contributed by atoms with E-state index in [9.17, 15) is 14.0 Å². The molecule has 3 atom stereocenters. The molecule has 0 radical (unpaired) electrons. The first-order valence-corrected chi connectivity index (χ1v) is 16.6. The Morgan fingerprint density at radius 1 is 1.15 bits per heavy atom. The van der Waals surface area contributed by atoms with E-state index < -0.39 is 11.6 Å². The molecule has 1 saturated carbocycles. The van der Waals surface area contributed by atoms with E-state index in [4.69, 9.17) is 19.6 Å². The average Bonchev–Trinajstić information content (AvgIpc) is 3.52. The molecule has 2 aliphatic heterocycles. The lowest BCUT2D eigenvalue weighted by atomic mass is 9.98. The summed E-state index contributed by atoms with van der Waals surface area (Å²) in [4.78, 5) is 33.3. The van der Waals surface area contributed by atoms with Crippen LogP contribution in [0.25, 0.3) is 32.6 Å². The first-order chi connectivity index (χ1) is 22.7. The predicted octanol–water partition coefficient (Wildman–Crippen LogP) is 5.04. The van der Waals surface area contributed by atoms with Crippen LogP contribution in [-0.4, -0.2) is 78.0 Å². The minimum Gasteiger partial charge on any atom is -0.490 e. The van der Waals surface area contributed by atoms with Crippen LogP contribution in [0.4, 0.5) is 14.6 Å². The SMILES string of the molecule is C=CC(=O)N1CCn2nc(-c3nc(N4CC5C(CNC(C)=O)C5C4)c4ccsc4c3-c3c(F)cc(F)cc3OCCOC)cc2[C@H]1C. The van der Waals surface area contributed by atoms with Crippen molar-refractivity contribution in [2.45, 2.75) is 26.4 Å². The Bertz CT molecular complexity index is 1880. The summed E-state index contributed by atoms with van der Waals surface area (Å²) in [5.41, 5.74) is 2.36. The molecule has 2 amide bonds. The topological polar surface area (TPSA) is 102 Å². The second-order valence-electron chi connectivity index (χ2n) is 12.3. The molecule has 0 spiro atoms. The van der Waals surface area contributed by atoms with Gasteiger partial charge in [-0.25, -0.2) is 13.8 Å². The highest BCUT2D eigenvalue weighted by atomic mass is 32.1. The molecule has 1 aliphatic carbocycles. The van der Waals surface area contributed by atoms with Gasteiger partial charge in [-0.05, 0) is 48.3 Å². The number of fused-ring (bicyclic) bond motifs is 3. The van der Waals surface area contributed by atoms with Gasteiger partial charge in [0.2, 0.25) is 11.8 Å². The lowest BCUT2D eigenvalue weighted by Gasteiger charge is -2.33. The van der Waals surface area contributed by atoms with Crippen LogP contribution in [0.2, 0.25) is 0 Å². The maximum Gasteiger partial charge on any atom is 0.246 e. The fraction of sp³-hybridized carbons (Fsp3) is 0.412. The Hall–Kier alpha value is -4.36. The van der Waals surface area contributed by atoms with E-state index in [0.717, 1.165) is 40.8 Å². The van der Waals surface area contributed by atoms with Crippen molar-refractivity contribution in [3.63, 3.8) is 0 Å². The molecule has 1 N–H and O–H groups in total. The number of benzene rings is 1. The van der Waals surface area contributed by atoms with Crippen LogP contribution in [0.1, 0.15) is 25.6 Å². The third-order valence-electron chi connectivity index (χ3n) is 9.62. The normalized spacial score (nSPS) is 21.5. The fourth-order valence-corrected chi connectivity index (χ4v) is 8.17. The van der Waals surface area contributed by atoms with Gasteiger partial charge in [0.1, 0.15) is 41.2 Å². The molecule has 2 unspecified atom stereocenters. The van der Waals surface area contributed by atoms with E-state index in [1.54, 1.807) is 4.90 Å². The summed E-state index contributed by atoms with van der Waals surface area (Å²) in [5.74, 6) is 0.446. The minimum absolute atomic E-state index is 0.0265. The van der Waals surface area contributed by atoms with Crippen molar-refractivity contribution >= 4 is 39.1 Å². The number of ether oxygens (including phenoxy) is 2. The molecule has 2 fully saturated rings. The Morgan fingerprint density at radius 2 is 1.94 bits per heavy atom. The Balaban J connectivity index is 1.37. The van der Waals surface area contributed by atoms with Gasteiger partial charge in [-0.3, -0.25) is 14.3 Å². The third-order valence-corrected chi connectivity index (χ3v) is 10.6. The van der Waals surface area contributed by atoms with Gasteiger partial charge in [-0.1, -0.05) is 6.58 Å². The number of rotatable bonds is 10. The molecule has 1 saturated heterocycles. The van der Waals surface area contributed by atoms with E-state index >= 15 is 4.39 Å². The highest BCUT2D eigenvalue weighted by molar-refractivity contribution is 7.18. The highest BCUT2D eigenvalue weighted by Crippen LogP contribution is 2.54. The Kier molecular flexibility index (Phi) is 8.21. The van der Waals surface area contributed by atoms with Crippen LogP contribution in [0.5, 0.6) is 5.75 Å². The Morgan fingerprint density at radius 3 is 2.66 bits per heavy atom. The number of anilines is 1. The molecular formula is C34H36F2N6O4S. The van der Waals surface area contributed by atoms with Gasteiger partial charge >= 0.3 is 0 Å². The molecule has 3 aliphatic rings. The monoisotopic (exact) mass is 662 g/mol. The standard InChI is InChI=1S/C34H36F2N6O4S/c1-5-29(44)41-7-8-42-27(18(41)2)14-26(39-42)32-31(30-25(36)12-20(35)13-28(30)46-10-9-45-4)33-21(6-11-47-33)34(38-32)40-16-23-22(24(23)17-40)15-37-19(3)43/h5-6,11-14,18,22-24H,1,7-10,15-17H2,2-4H3,(H,37,43)/t18-,22?,23?,24?/m1/s1. The van der Waals surface area contributed by atoms with E-state index in [-0.39, 0.29) is 42.4 Å². The van der Waals surface area contributed by atoms with Crippen molar-refractivity contribution in [2.75, 3.05) is 51.4 Å². The summed E-state index contributed by atoms with van der Waals surface area (Å²) in [7, 11) is 1.53. The molecule has 13 heteroatoms. The summed E-state index contributed by atoms with van der Waals surface area (Å²) in [6, 6.07) is 5.66. The number of halogens is 2. The fourth-order valence-electron chi connectivity index (χ4n) is 7.23. The summed E-state index contributed by atoms with van der Waals surface area (Å²) in [6.07, 6.45) is 1.31. The third kappa shape index (κ3) is 5.54. The van der Waals surface area contributed by atoms with Crippen LogP contribution in [-0.2, 0) is 20.9 Å². The molecule has 5 heterocycles.